The molecule has 0 saturated heterocycles. The van der Waals surface area contributed by atoms with Crippen LogP contribution in [-0.4, -0.2) is 17.6 Å². The van der Waals surface area contributed by atoms with E-state index in [1.165, 1.54) is 18.4 Å². The highest BCUT2D eigenvalue weighted by molar-refractivity contribution is 6.30. The van der Waals surface area contributed by atoms with E-state index in [9.17, 15) is 0 Å². The Kier molecular flexibility index (Phi) is 4.34. The van der Waals surface area contributed by atoms with Crippen LogP contribution >= 0.6 is 11.6 Å². The first kappa shape index (κ1) is 13.6. The van der Waals surface area contributed by atoms with Crippen molar-refractivity contribution in [2.45, 2.75) is 31.2 Å². The van der Waals surface area contributed by atoms with Crippen molar-refractivity contribution in [3.63, 3.8) is 0 Å². The normalized spacial score (nSPS) is 21.4. The fourth-order valence-corrected chi connectivity index (χ4v) is 2.87. The second kappa shape index (κ2) is 6.38. The Morgan fingerprint density at radius 3 is 2.60 bits per heavy atom. The van der Waals surface area contributed by atoms with Gasteiger partial charge in [-0.2, -0.15) is 0 Å². The number of benzene rings is 1. The molecule has 104 valence electrons. The lowest BCUT2D eigenvalue weighted by Gasteiger charge is -2.36. The highest BCUT2D eigenvalue weighted by Gasteiger charge is 2.29. The SMILES string of the molecule is Clc1ccc(C2CC(NCCc3ccccn3)C2)cc1. The Morgan fingerprint density at radius 1 is 1.10 bits per heavy atom. The zero-order valence-electron chi connectivity index (χ0n) is 11.4. The van der Waals surface area contributed by atoms with Gasteiger partial charge >= 0.3 is 0 Å². The maximum atomic E-state index is 5.91. The number of pyridine rings is 1. The first-order valence-corrected chi connectivity index (χ1v) is 7.58. The average Bonchev–Trinajstić information content (AvgIpc) is 2.44. The van der Waals surface area contributed by atoms with E-state index in [2.05, 4.69) is 28.5 Å². The second-order valence-electron chi connectivity index (χ2n) is 5.44. The van der Waals surface area contributed by atoms with Gasteiger partial charge in [0.05, 0.1) is 0 Å². The van der Waals surface area contributed by atoms with Crippen molar-refractivity contribution in [1.29, 1.82) is 0 Å². The van der Waals surface area contributed by atoms with Gasteiger partial charge in [-0.05, 0) is 48.6 Å². The molecule has 1 N–H and O–H groups in total. The predicted octanol–water partition coefficient (Wildman–Crippen LogP) is 3.81. The van der Waals surface area contributed by atoms with Crippen molar-refractivity contribution in [3.8, 4) is 0 Å². The van der Waals surface area contributed by atoms with Crippen LogP contribution in [0.5, 0.6) is 0 Å². The molecule has 3 rings (SSSR count). The minimum Gasteiger partial charge on any atom is -0.314 e. The molecule has 0 radical (unpaired) electrons. The number of hydrogen-bond acceptors (Lipinski definition) is 2. The van der Waals surface area contributed by atoms with Crippen molar-refractivity contribution in [3.05, 3.63) is 64.9 Å². The van der Waals surface area contributed by atoms with Crippen LogP contribution in [0.1, 0.15) is 30.0 Å². The molecule has 1 heterocycles. The van der Waals surface area contributed by atoms with Gasteiger partial charge in [0.15, 0.2) is 0 Å². The molecule has 1 fully saturated rings. The van der Waals surface area contributed by atoms with E-state index in [-0.39, 0.29) is 0 Å². The van der Waals surface area contributed by atoms with E-state index in [0.29, 0.717) is 12.0 Å². The molecule has 1 aliphatic rings. The summed E-state index contributed by atoms with van der Waals surface area (Å²) in [6, 6.07) is 15.0. The smallest absolute Gasteiger partial charge is 0.0416 e. The van der Waals surface area contributed by atoms with Gasteiger partial charge in [-0.1, -0.05) is 29.8 Å². The minimum absolute atomic E-state index is 0.652. The summed E-state index contributed by atoms with van der Waals surface area (Å²) in [5.41, 5.74) is 2.57. The van der Waals surface area contributed by atoms with Gasteiger partial charge in [-0.3, -0.25) is 4.98 Å². The number of aromatic nitrogens is 1. The maximum absolute atomic E-state index is 5.91. The third-order valence-corrected chi connectivity index (χ3v) is 4.27. The van der Waals surface area contributed by atoms with Gasteiger partial charge in [-0.25, -0.2) is 0 Å². The van der Waals surface area contributed by atoms with Crippen LogP contribution in [0, 0.1) is 0 Å². The molecule has 20 heavy (non-hydrogen) atoms. The van der Waals surface area contributed by atoms with Gasteiger partial charge in [0.1, 0.15) is 0 Å². The Labute approximate surface area is 125 Å². The molecular formula is C17H19ClN2. The molecule has 2 aromatic rings. The number of rotatable bonds is 5. The number of halogens is 1. The number of nitrogens with one attached hydrogen (secondary N) is 1. The van der Waals surface area contributed by atoms with E-state index in [4.69, 9.17) is 11.6 Å². The summed E-state index contributed by atoms with van der Waals surface area (Å²) >= 11 is 5.91. The summed E-state index contributed by atoms with van der Waals surface area (Å²) in [6.45, 7) is 1.01. The molecule has 1 aromatic carbocycles. The van der Waals surface area contributed by atoms with Crippen LogP contribution < -0.4 is 5.32 Å². The number of nitrogens with zero attached hydrogens (tertiary/aromatic N) is 1. The molecule has 1 aliphatic carbocycles. The van der Waals surface area contributed by atoms with Gasteiger partial charge < -0.3 is 5.32 Å². The first-order valence-electron chi connectivity index (χ1n) is 7.20. The molecule has 2 nitrogen and oxygen atoms in total. The minimum atomic E-state index is 0.652. The molecule has 1 saturated carbocycles. The molecule has 0 spiro atoms. The van der Waals surface area contributed by atoms with Crippen LogP contribution in [-0.2, 0) is 6.42 Å². The van der Waals surface area contributed by atoms with E-state index < -0.39 is 0 Å². The molecule has 0 amide bonds. The first-order chi connectivity index (χ1) is 9.81. The van der Waals surface area contributed by atoms with Crippen molar-refractivity contribution in [2.75, 3.05) is 6.54 Å². The van der Waals surface area contributed by atoms with Crippen LogP contribution in [0.15, 0.2) is 48.7 Å². The Hall–Kier alpha value is -1.38. The van der Waals surface area contributed by atoms with Crippen molar-refractivity contribution in [2.24, 2.45) is 0 Å². The Balaban J connectivity index is 1.39. The van der Waals surface area contributed by atoms with Crippen molar-refractivity contribution in [1.82, 2.24) is 10.3 Å². The third-order valence-electron chi connectivity index (χ3n) is 4.02. The molecule has 0 atom stereocenters. The highest BCUT2D eigenvalue weighted by atomic mass is 35.5. The quantitative estimate of drug-likeness (QED) is 0.904. The second-order valence-corrected chi connectivity index (χ2v) is 5.88. The van der Waals surface area contributed by atoms with Gasteiger partial charge in [0, 0.05) is 35.9 Å². The largest absolute Gasteiger partial charge is 0.314 e. The molecule has 0 unspecified atom stereocenters. The molecule has 3 heteroatoms. The van der Waals surface area contributed by atoms with E-state index in [1.54, 1.807) is 0 Å². The van der Waals surface area contributed by atoms with Crippen LogP contribution in [0.4, 0.5) is 0 Å². The highest BCUT2D eigenvalue weighted by Crippen LogP contribution is 2.37. The standard InChI is InChI=1S/C17H19ClN2/c18-15-6-4-13(5-7-15)14-11-17(12-14)20-10-8-16-3-1-2-9-19-16/h1-7,9,14,17,20H,8,10-12H2. The predicted molar refractivity (Wildman–Crippen MR) is 83.2 cm³/mol. The van der Waals surface area contributed by atoms with Crippen LogP contribution in [0.2, 0.25) is 5.02 Å². The Morgan fingerprint density at radius 2 is 1.90 bits per heavy atom. The zero-order chi connectivity index (χ0) is 13.8. The zero-order valence-corrected chi connectivity index (χ0v) is 12.2. The van der Waals surface area contributed by atoms with Crippen molar-refractivity contribution < 1.29 is 0 Å². The summed E-state index contributed by atoms with van der Waals surface area (Å²) in [4.78, 5) is 4.34. The molecule has 0 aliphatic heterocycles. The topological polar surface area (TPSA) is 24.9 Å². The lowest BCUT2D eigenvalue weighted by atomic mass is 9.76. The Bertz CT molecular complexity index is 533. The van der Waals surface area contributed by atoms with E-state index >= 15 is 0 Å². The maximum Gasteiger partial charge on any atom is 0.0416 e. The summed E-state index contributed by atoms with van der Waals surface area (Å²) in [7, 11) is 0. The molecular weight excluding hydrogens is 268 g/mol. The third kappa shape index (κ3) is 3.38. The van der Waals surface area contributed by atoms with Crippen molar-refractivity contribution >= 4 is 11.6 Å². The summed E-state index contributed by atoms with van der Waals surface area (Å²) < 4.78 is 0. The van der Waals surface area contributed by atoms with E-state index in [0.717, 1.165) is 23.7 Å². The lowest BCUT2D eigenvalue weighted by Crippen LogP contribution is -2.41. The fraction of sp³-hybridized carbons (Fsp3) is 0.353. The number of hydrogen-bond donors (Lipinski definition) is 1. The average molecular weight is 287 g/mol. The van der Waals surface area contributed by atoms with Gasteiger partial charge in [0.2, 0.25) is 0 Å². The summed E-state index contributed by atoms with van der Waals surface area (Å²) in [5, 5.41) is 4.43. The fourth-order valence-electron chi connectivity index (χ4n) is 2.74. The van der Waals surface area contributed by atoms with E-state index in [1.807, 2.05) is 30.5 Å². The molecule has 1 aromatic heterocycles. The summed E-state index contributed by atoms with van der Waals surface area (Å²) in [5.74, 6) is 0.694. The van der Waals surface area contributed by atoms with Crippen LogP contribution in [0.3, 0.4) is 0 Å². The molecule has 0 bridgehead atoms. The summed E-state index contributed by atoms with van der Waals surface area (Å²) in [6.07, 6.45) is 5.31. The van der Waals surface area contributed by atoms with Gasteiger partial charge in [-0.15, -0.1) is 0 Å². The monoisotopic (exact) mass is 286 g/mol. The van der Waals surface area contributed by atoms with Gasteiger partial charge in [0.25, 0.3) is 0 Å². The van der Waals surface area contributed by atoms with Crippen LogP contribution in [0.25, 0.3) is 0 Å². The lowest BCUT2D eigenvalue weighted by molar-refractivity contribution is 0.292.